The van der Waals surface area contributed by atoms with Crippen molar-refractivity contribution in [1.29, 1.82) is 0 Å². The molecule has 1 unspecified atom stereocenters. The van der Waals surface area contributed by atoms with Gasteiger partial charge in [0.25, 0.3) is 5.91 Å². The molecule has 5 heteroatoms. The maximum atomic E-state index is 12.2. The number of nitrogens with zero attached hydrogens (tertiary/aromatic N) is 1. The topological polar surface area (TPSA) is 49.8 Å². The zero-order valence-electron chi connectivity index (χ0n) is 9.30. The van der Waals surface area contributed by atoms with Crippen LogP contribution in [0.25, 0.3) is 0 Å². The van der Waals surface area contributed by atoms with Gasteiger partial charge in [-0.15, -0.1) is 0 Å². The number of rotatable bonds is 2. The smallest absolute Gasteiger partial charge is 0.254 e. The predicted molar refractivity (Wildman–Crippen MR) is 67.5 cm³/mol. The molecule has 0 aliphatic carbocycles. The normalized spacial score (nSPS) is 20.3. The van der Waals surface area contributed by atoms with Crippen LogP contribution in [0.1, 0.15) is 10.4 Å². The van der Waals surface area contributed by atoms with Crippen LogP contribution in [0.5, 0.6) is 5.75 Å². The molecule has 0 radical (unpaired) electrons. The number of alkyl halides is 1. The molecular formula is C12H14BrNO3. The Balaban J connectivity index is 2.15. The van der Waals surface area contributed by atoms with E-state index < -0.39 is 0 Å². The van der Waals surface area contributed by atoms with Gasteiger partial charge in [0.2, 0.25) is 0 Å². The van der Waals surface area contributed by atoms with Crippen molar-refractivity contribution in [3.8, 4) is 5.75 Å². The number of carbonyl (C=O) groups is 1. The van der Waals surface area contributed by atoms with Gasteiger partial charge in [0.15, 0.2) is 0 Å². The van der Waals surface area contributed by atoms with Crippen LogP contribution in [0.2, 0.25) is 0 Å². The molecule has 1 aliphatic heterocycles. The van der Waals surface area contributed by atoms with Crippen LogP contribution in [0.3, 0.4) is 0 Å². The summed E-state index contributed by atoms with van der Waals surface area (Å²) in [6, 6.07) is 6.40. The fourth-order valence-electron chi connectivity index (χ4n) is 1.82. The van der Waals surface area contributed by atoms with E-state index in [1.54, 1.807) is 12.1 Å². The van der Waals surface area contributed by atoms with Gasteiger partial charge in [-0.25, -0.2) is 0 Å². The minimum absolute atomic E-state index is 0.0160. The number of amides is 1. The molecule has 2 rings (SSSR count). The zero-order valence-corrected chi connectivity index (χ0v) is 10.9. The average Bonchev–Trinajstić information content (AvgIpc) is 2.39. The molecule has 0 spiro atoms. The summed E-state index contributed by atoms with van der Waals surface area (Å²) in [6.45, 7) is 1.75. The van der Waals surface area contributed by atoms with E-state index >= 15 is 0 Å². The molecule has 0 saturated carbocycles. The summed E-state index contributed by atoms with van der Waals surface area (Å²) in [6.07, 6.45) is 0. The second kappa shape index (κ2) is 5.51. The molecule has 1 aromatic rings. The van der Waals surface area contributed by atoms with Gasteiger partial charge in [-0.3, -0.25) is 4.79 Å². The van der Waals surface area contributed by atoms with Crippen LogP contribution in [0.15, 0.2) is 24.3 Å². The number of hydrogen-bond acceptors (Lipinski definition) is 3. The molecule has 1 saturated heterocycles. The lowest BCUT2D eigenvalue weighted by molar-refractivity contribution is 0.00525. The van der Waals surface area contributed by atoms with Crippen molar-refractivity contribution in [3.05, 3.63) is 29.8 Å². The lowest BCUT2D eigenvalue weighted by Crippen LogP contribution is -2.49. The summed E-state index contributed by atoms with van der Waals surface area (Å²) in [5.74, 6) is 0.151. The molecule has 17 heavy (non-hydrogen) atoms. The highest BCUT2D eigenvalue weighted by molar-refractivity contribution is 9.09. The van der Waals surface area contributed by atoms with Crippen molar-refractivity contribution in [2.24, 2.45) is 0 Å². The Morgan fingerprint density at radius 2 is 2.18 bits per heavy atom. The highest BCUT2D eigenvalue weighted by Crippen LogP contribution is 2.16. The van der Waals surface area contributed by atoms with E-state index in [4.69, 9.17) is 4.74 Å². The summed E-state index contributed by atoms with van der Waals surface area (Å²) < 4.78 is 5.34. The van der Waals surface area contributed by atoms with Gasteiger partial charge in [-0.05, 0) is 24.3 Å². The molecule has 92 valence electrons. The Kier molecular flexibility index (Phi) is 4.02. The molecule has 1 fully saturated rings. The number of carbonyl (C=O) groups excluding carboxylic acids is 1. The maximum Gasteiger partial charge on any atom is 0.254 e. The number of ether oxygens (including phenoxy) is 1. The SMILES string of the molecule is O=C(c1ccc(O)cc1)N1CCOCC1CBr. The largest absolute Gasteiger partial charge is 0.508 e. The molecule has 1 aliphatic rings. The first-order valence-electron chi connectivity index (χ1n) is 5.46. The Hall–Kier alpha value is -1.07. The van der Waals surface area contributed by atoms with Crippen molar-refractivity contribution >= 4 is 21.8 Å². The van der Waals surface area contributed by atoms with E-state index in [1.165, 1.54) is 12.1 Å². The Morgan fingerprint density at radius 1 is 1.47 bits per heavy atom. The summed E-state index contributed by atoms with van der Waals surface area (Å²) in [5.41, 5.74) is 0.593. The molecular weight excluding hydrogens is 286 g/mol. The quantitative estimate of drug-likeness (QED) is 0.845. The number of phenolic OH excluding ortho intramolecular Hbond substituents is 1. The number of hydrogen-bond donors (Lipinski definition) is 1. The van der Waals surface area contributed by atoms with E-state index in [-0.39, 0.29) is 17.7 Å². The summed E-state index contributed by atoms with van der Waals surface area (Å²) in [5, 5.41) is 9.90. The summed E-state index contributed by atoms with van der Waals surface area (Å²) >= 11 is 3.39. The molecule has 4 nitrogen and oxygen atoms in total. The molecule has 1 N–H and O–H groups in total. The third-order valence-electron chi connectivity index (χ3n) is 2.78. The van der Waals surface area contributed by atoms with Crippen molar-refractivity contribution in [2.45, 2.75) is 6.04 Å². The number of morpholine rings is 1. The van der Waals surface area contributed by atoms with Crippen molar-refractivity contribution in [1.82, 2.24) is 4.90 Å². The number of benzene rings is 1. The average molecular weight is 300 g/mol. The first-order chi connectivity index (χ1) is 8.22. The third-order valence-corrected chi connectivity index (χ3v) is 3.53. The number of phenols is 1. The lowest BCUT2D eigenvalue weighted by Gasteiger charge is -2.34. The van der Waals surface area contributed by atoms with Crippen LogP contribution >= 0.6 is 15.9 Å². The maximum absolute atomic E-state index is 12.2. The third kappa shape index (κ3) is 2.79. The van der Waals surface area contributed by atoms with Crippen LogP contribution < -0.4 is 0 Å². The Bertz CT molecular complexity index is 393. The molecule has 1 atom stereocenters. The second-order valence-electron chi connectivity index (χ2n) is 3.93. The van der Waals surface area contributed by atoms with Crippen molar-refractivity contribution in [2.75, 3.05) is 25.1 Å². The lowest BCUT2D eigenvalue weighted by atomic mass is 10.1. The number of aromatic hydroxyl groups is 1. The van der Waals surface area contributed by atoms with Crippen LogP contribution in [0.4, 0.5) is 0 Å². The van der Waals surface area contributed by atoms with Crippen LogP contribution in [0, 0.1) is 0 Å². The molecule has 0 aromatic heterocycles. The van der Waals surface area contributed by atoms with Crippen molar-refractivity contribution < 1.29 is 14.6 Å². The summed E-state index contributed by atoms with van der Waals surface area (Å²) in [7, 11) is 0. The fraction of sp³-hybridized carbons (Fsp3) is 0.417. The zero-order chi connectivity index (χ0) is 12.3. The van der Waals surface area contributed by atoms with E-state index in [0.717, 1.165) is 0 Å². The standard InChI is InChI=1S/C12H14BrNO3/c13-7-10-8-17-6-5-14(10)12(16)9-1-3-11(15)4-2-9/h1-4,10,15H,5-8H2. The highest BCUT2D eigenvalue weighted by atomic mass is 79.9. The van der Waals surface area contributed by atoms with E-state index in [2.05, 4.69) is 15.9 Å². The monoisotopic (exact) mass is 299 g/mol. The van der Waals surface area contributed by atoms with Gasteiger partial charge in [0.1, 0.15) is 5.75 Å². The summed E-state index contributed by atoms with van der Waals surface area (Å²) in [4.78, 5) is 14.1. The van der Waals surface area contributed by atoms with Gasteiger partial charge in [-0.1, -0.05) is 15.9 Å². The molecule has 0 bridgehead atoms. The van der Waals surface area contributed by atoms with Gasteiger partial charge in [-0.2, -0.15) is 0 Å². The molecule has 1 amide bonds. The van der Waals surface area contributed by atoms with Gasteiger partial charge >= 0.3 is 0 Å². The predicted octanol–water partition coefficient (Wildman–Crippen LogP) is 1.63. The van der Waals surface area contributed by atoms with E-state index in [9.17, 15) is 9.90 Å². The van der Waals surface area contributed by atoms with Crippen LogP contribution in [-0.4, -0.2) is 47.0 Å². The van der Waals surface area contributed by atoms with E-state index in [1.807, 2.05) is 4.90 Å². The van der Waals surface area contributed by atoms with Crippen LogP contribution in [-0.2, 0) is 4.74 Å². The van der Waals surface area contributed by atoms with Gasteiger partial charge in [0.05, 0.1) is 19.3 Å². The first-order valence-corrected chi connectivity index (χ1v) is 6.58. The highest BCUT2D eigenvalue weighted by Gasteiger charge is 2.27. The van der Waals surface area contributed by atoms with Crippen molar-refractivity contribution in [3.63, 3.8) is 0 Å². The molecule has 1 heterocycles. The fourth-order valence-corrected chi connectivity index (χ4v) is 2.36. The van der Waals surface area contributed by atoms with Gasteiger partial charge in [0, 0.05) is 17.4 Å². The molecule has 1 aromatic carbocycles. The minimum Gasteiger partial charge on any atom is -0.508 e. The minimum atomic E-state index is -0.0160. The Labute approximate surface area is 108 Å². The Morgan fingerprint density at radius 3 is 2.82 bits per heavy atom. The van der Waals surface area contributed by atoms with E-state index in [0.29, 0.717) is 30.7 Å². The number of halogens is 1. The second-order valence-corrected chi connectivity index (χ2v) is 4.58. The van der Waals surface area contributed by atoms with Gasteiger partial charge < -0.3 is 14.7 Å². The first kappa shape index (κ1) is 12.4.